The Kier molecular flexibility index (Phi) is 6.04. The molecular weight excluding hydrogens is 398 g/mol. The number of nitrogens with one attached hydrogen (secondary N) is 1. The summed E-state index contributed by atoms with van der Waals surface area (Å²) in [7, 11) is 1.57. The first-order chi connectivity index (χ1) is 12.6. The first-order valence-corrected chi connectivity index (χ1v) is 9.46. The van der Waals surface area contributed by atoms with Crippen molar-refractivity contribution in [3.8, 4) is 17.2 Å². The average molecular weight is 420 g/mol. The number of rotatable bonds is 6. The Bertz CT molecular complexity index is 793. The number of amides is 1. The number of methoxy groups -OCH3 is 1. The Labute approximate surface area is 161 Å². The highest BCUT2D eigenvalue weighted by atomic mass is 79.9. The number of fused-ring (bicyclic) bond motifs is 1. The minimum Gasteiger partial charge on any atom is -0.493 e. The van der Waals surface area contributed by atoms with Crippen LogP contribution in [0.25, 0.3) is 0 Å². The zero-order valence-electron chi connectivity index (χ0n) is 14.9. The van der Waals surface area contributed by atoms with Crippen LogP contribution in [0.1, 0.15) is 41.7 Å². The monoisotopic (exact) mass is 419 g/mol. The number of ether oxygens (including phenoxy) is 3. The predicted octanol–water partition coefficient (Wildman–Crippen LogP) is 4.50. The average Bonchev–Trinajstić information content (AvgIpc) is 2.66. The summed E-state index contributed by atoms with van der Waals surface area (Å²) in [5, 5.41) is 3.10. The molecule has 1 N–H and O–H groups in total. The lowest BCUT2D eigenvalue weighted by atomic mass is 10.00. The van der Waals surface area contributed by atoms with Gasteiger partial charge in [-0.2, -0.15) is 0 Å². The van der Waals surface area contributed by atoms with E-state index in [0.717, 1.165) is 24.2 Å². The summed E-state index contributed by atoms with van der Waals surface area (Å²) in [5.74, 6) is 1.81. The molecule has 0 fully saturated rings. The molecule has 0 spiro atoms. The number of halogens is 1. The first kappa shape index (κ1) is 18.6. The molecular formula is C20H22BrNO4. The van der Waals surface area contributed by atoms with E-state index in [0.29, 0.717) is 34.7 Å². The van der Waals surface area contributed by atoms with E-state index in [1.54, 1.807) is 19.2 Å². The quantitative estimate of drug-likeness (QED) is 0.748. The lowest BCUT2D eigenvalue weighted by Crippen LogP contribution is -2.32. The molecule has 1 heterocycles. The zero-order valence-corrected chi connectivity index (χ0v) is 16.5. The maximum Gasteiger partial charge on any atom is 0.251 e. The summed E-state index contributed by atoms with van der Waals surface area (Å²) in [6.07, 6.45) is 1.62. The number of hydrogen-bond acceptors (Lipinski definition) is 4. The normalized spacial score (nSPS) is 15.6. The molecule has 138 valence electrons. The van der Waals surface area contributed by atoms with Gasteiger partial charge in [0.1, 0.15) is 5.75 Å². The highest BCUT2D eigenvalue weighted by molar-refractivity contribution is 9.10. The van der Waals surface area contributed by atoms with Crippen molar-refractivity contribution in [2.75, 3.05) is 20.3 Å². The van der Waals surface area contributed by atoms with Crippen molar-refractivity contribution < 1.29 is 19.0 Å². The van der Waals surface area contributed by atoms with Crippen LogP contribution >= 0.6 is 15.9 Å². The molecule has 3 rings (SSSR count). The van der Waals surface area contributed by atoms with Gasteiger partial charge < -0.3 is 19.5 Å². The van der Waals surface area contributed by atoms with Gasteiger partial charge in [-0.15, -0.1) is 0 Å². The van der Waals surface area contributed by atoms with Gasteiger partial charge in [-0.3, -0.25) is 4.79 Å². The van der Waals surface area contributed by atoms with Gasteiger partial charge >= 0.3 is 0 Å². The first-order valence-electron chi connectivity index (χ1n) is 8.67. The molecule has 6 heteroatoms. The molecule has 2 aromatic rings. The summed E-state index contributed by atoms with van der Waals surface area (Å²) in [4.78, 5) is 12.8. The molecule has 2 aromatic carbocycles. The summed E-state index contributed by atoms with van der Waals surface area (Å²) >= 11 is 3.48. The Morgan fingerprint density at radius 3 is 2.92 bits per heavy atom. The van der Waals surface area contributed by atoms with E-state index in [2.05, 4.69) is 21.2 Å². The lowest BCUT2D eigenvalue weighted by Gasteiger charge is -2.26. The van der Waals surface area contributed by atoms with Crippen LogP contribution in [0.4, 0.5) is 0 Å². The van der Waals surface area contributed by atoms with Crippen molar-refractivity contribution in [2.45, 2.75) is 25.8 Å². The molecule has 1 atom stereocenters. The van der Waals surface area contributed by atoms with Gasteiger partial charge in [0.05, 0.1) is 30.8 Å². The Balaban J connectivity index is 1.81. The molecule has 26 heavy (non-hydrogen) atoms. The minimum absolute atomic E-state index is 0.0757. The van der Waals surface area contributed by atoms with Crippen molar-refractivity contribution in [3.05, 3.63) is 52.0 Å². The summed E-state index contributed by atoms with van der Waals surface area (Å²) in [5.41, 5.74) is 1.52. The van der Waals surface area contributed by atoms with E-state index in [9.17, 15) is 4.79 Å². The van der Waals surface area contributed by atoms with Crippen LogP contribution in [0, 0.1) is 0 Å². The molecule has 1 aliphatic rings. The molecule has 5 nitrogen and oxygen atoms in total. The third kappa shape index (κ3) is 3.96. The van der Waals surface area contributed by atoms with E-state index in [4.69, 9.17) is 14.2 Å². The van der Waals surface area contributed by atoms with Gasteiger partial charge in [0.2, 0.25) is 0 Å². The molecule has 0 radical (unpaired) electrons. The molecule has 1 amide bonds. The zero-order chi connectivity index (χ0) is 18.5. The van der Waals surface area contributed by atoms with Crippen LogP contribution in [-0.4, -0.2) is 26.2 Å². The number of carbonyl (C=O) groups is 1. The SMILES string of the molecule is CCCOc1c(Br)cc(C(=O)N[C@H]2CCOc3ccccc32)cc1OC. The maximum atomic E-state index is 12.8. The number of para-hydroxylation sites is 1. The van der Waals surface area contributed by atoms with Crippen molar-refractivity contribution in [1.29, 1.82) is 0 Å². The van der Waals surface area contributed by atoms with Crippen molar-refractivity contribution in [3.63, 3.8) is 0 Å². The smallest absolute Gasteiger partial charge is 0.251 e. The van der Waals surface area contributed by atoms with Crippen molar-refractivity contribution >= 4 is 21.8 Å². The fourth-order valence-electron chi connectivity index (χ4n) is 2.93. The Morgan fingerprint density at radius 1 is 1.35 bits per heavy atom. The van der Waals surface area contributed by atoms with Crippen LogP contribution in [0.2, 0.25) is 0 Å². The molecule has 0 bridgehead atoms. The van der Waals surface area contributed by atoms with Crippen LogP contribution in [0.3, 0.4) is 0 Å². The standard InChI is InChI=1S/C20H22BrNO4/c1-3-9-26-19-15(21)11-13(12-18(19)24-2)20(23)22-16-8-10-25-17-7-5-4-6-14(16)17/h4-7,11-12,16H,3,8-10H2,1-2H3,(H,22,23)/t16-/m0/s1. The van der Waals surface area contributed by atoms with E-state index in [-0.39, 0.29) is 11.9 Å². The number of carbonyl (C=O) groups excluding carboxylic acids is 1. The van der Waals surface area contributed by atoms with Gasteiger partial charge in [-0.05, 0) is 40.5 Å². The van der Waals surface area contributed by atoms with E-state index < -0.39 is 0 Å². The van der Waals surface area contributed by atoms with Crippen molar-refractivity contribution in [1.82, 2.24) is 5.32 Å². The maximum absolute atomic E-state index is 12.8. The highest BCUT2D eigenvalue weighted by Crippen LogP contribution is 2.37. The minimum atomic E-state index is -0.159. The molecule has 0 saturated carbocycles. The summed E-state index contributed by atoms with van der Waals surface area (Å²) in [6.45, 7) is 3.20. The van der Waals surface area contributed by atoms with Crippen LogP contribution in [0.5, 0.6) is 17.2 Å². The predicted molar refractivity (Wildman–Crippen MR) is 103 cm³/mol. The third-order valence-corrected chi connectivity index (χ3v) is 4.80. The van der Waals surface area contributed by atoms with Gasteiger partial charge in [0, 0.05) is 17.5 Å². The van der Waals surface area contributed by atoms with Crippen molar-refractivity contribution in [2.24, 2.45) is 0 Å². The van der Waals surface area contributed by atoms with Crippen LogP contribution in [0.15, 0.2) is 40.9 Å². The van der Waals surface area contributed by atoms with Gasteiger partial charge in [0.25, 0.3) is 5.91 Å². The largest absolute Gasteiger partial charge is 0.493 e. The molecule has 0 unspecified atom stereocenters. The molecule has 1 aliphatic heterocycles. The van der Waals surface area contributed by atoms with Crippen LogP contribution < -0.4 is 19.5 Å². The van der Waals surface area contributed by atoms with E-state index in [1.165, 1.54) is 0 Å². The fourth-order valence-corrected chi connectivity index (χ4v) is 3.49. The highest BCUT2D eigenvalue weighted by Gasteiger charge is 2.24. The number of benzene rings is 2. The van der Waals surface area contributed by atoms with Crippen LogP contribution in [-0.2, 0) is 0 Å². The van der Waals surface area contributed by atoms with Gasteiger partial charge in [0.15, 0.2) is 11.5 Å². The Morgan fingerprint density at radius 2 is 2.15 bits per heavy atom. The third-order valence-electron chi connectivity index (χ3n) is 4.21. The molecule has 0 aromatic heterocycles. The summed E-state index contributed by atoms with van der Waals surface area (Å²) < 4.78 is 17.5. The van der Waals surface area contributed by atoms with Gasteiger partial charge in [-0.1, -0.05) is 25.1 Å². The summed E-state index contributed by atoms with van der Waals surface area (Å²) in [6, 6.07) is 11.2. The van der Waals surface area contributed by atoms with Gasteiger partial charge in [-0.25, -0.2) is 0 Å². The fraction of sp³-hybridized carbons (Fsp3) is 0.350. The Hall–Kier alpha value is -2.21. The number of hydrogen-bond donors (Lipinski definition) is 1. The second-order valence-corrected chi connectivity index (χ2v) is 6.89. The second kappa shape index (κ2) is 8.45. The van der Waals surface area contributed by atoms with E-state index >= 15 is 0 Å². The van der Waals surface area contributed by atoms with E-state index in [1.807, 2.05) is 31.2 Å². The molecule has 0 aliphatic carbocycles. The topological polar surface area (TPSA) is 56.8 Å². The molecule has 0 saturated heterocycles. The lowest BCUT2D eigenvalue weighted by molar-refractivity contribution is 0.0924. The second-order valence-electron chi connectivity index (χ2n) is 6.04.